The molecular formula is C12H13Cl2N5. The van der Waals surface area contributed by atoms with Crippen LogP contribution < -0.4 is 5.73 Å². The van der Waals surface area contributed by atoms with Crippen LogP contribution in [0.2, 0.25) is 10.0 Å². The molecule has 0 amide bonds. The molecule has 1 aromatic carbocycles. The van der Waals surface area contributed by atoms with Crippen LogP contribution in [-0.4, -0.2) is 20.2 Å². The largest absolute Gasteiger partial charge is 0.397 e. The summed E-state index contributed by atoms with van der Waals surface area (Å²) in [6, 6.07) is 3.49. The van der Waals surface area contributed by atoms with Gasteiger partial charge in [0.1, 0.15) is 0 Å². The van der Waals surface area contributed by atoms with Crippen LogP contribution in [0.15, 0.2) is 12.1 Å². The van der Waals surface area contributed by atoms with Crippen LogP contribution in [0.3, 0.4) is 0 Å². The highest BCUT2D eigenvalue weighted by Crippen LogP contribution is 2.34. The molecule has 1 fully saturated rings. The van der Waals surface area contributed by atoms with Gasteiger partial charge in [0.05, 0.1) is 15.7 Å². The zero-order valence-corrected chi connectivity index (χ0v) is 11.7. The fourth-order valence-corrected chi connectivity index (χ4v) is 2.53. The van der Waals surface area contributed by atoms with E-state index in [9.17, 15) is 0 Å². The number of hydrogen-bond donors (Lipinski definition) is 1. The average Bonchev–Trinajstić information content (AvgIpc) is 2.78. The number of halogens is 2. The highest BCUT2D eigenvalue weighted by Gasteiger charge is 2.21. The second-order valence-corrected chi connectivity index (χ2v) is 5.63. The minimum absolute atomic E-state index is 0.364. The van der Waals surface area contributed by atoms with E-state index in [1.807, 2.05) is 4.68 Å². The summed E-state index contributed by atoms with van der Waals surface area (Å²) in [6.07, 6.45) is 3.77. The lowest BCUT2D eigenvalue weighted by Gasteiger charge is -2.25. The zero-order chi connectivity index (χ0) is 13.4. The molecule has 5 nitrogen and oxygen atoms in total. The van der Waals surface area contributed by atoms with Crippen molar-refractivity contribution in [2.45, 2.75) is 25.8 Å². The maximum absolute atomic E-state index is 6.04. The third-order valence-electron chi connectivity index (χ3n) is 3.50. The topological polar surface area (TPSA) is 69.6 Å². The Hall–Kier alpha value is -1.33. The first-order valence-electron chi connectivity index (χ1n) is 6.16. The quantitative estimate of drug-likeness (QED) is 0.884. The third kappa shape index (κ3) is 2.40. The number of nitrogen functional groups attached to an aromatic ring is 1. The van der Waals surface area contributed by atoms with E-state index in [0.717, 1.165) is 12.1 Å². The lowest BCUT2D eigenvalue weighted by molar-refractivity contribution is 0.265. The zero-order valence-electron chi connectivity index (χ0n) is 10.2. The second-order valence-electron chi connectivity index (χ2n) is 4.84. The number of hydrogen-bond acceptors (Lipinski definition) is 4. The van der Waals surface area contributed by atoms with Gasteiger partial charge >= 0.3 is 0 Å². The molecule has 7 heteroatoms. The van der Waals surface area contributed by atoms with E-state index in [2.05, 4.69) is 15.5 Å². The summed E-state index contributed by atoms with van der Waals surface area (Å²) in [5, 5.41) is 12.6. The Labute approximate surface area is 120 Å². The standard InChI is InChI=1S/C12H13Cl2N5/c13-9-4-8(5-10(15)11(9)14)12-16-17-18-19(12)6-7-2-1-3-7/h4-5,7H,1-3,6,15H2. The number of rotatable bonds is 3. The van der Waals surface area contributed by atoms with Gasteiger partial charge in [-0.2, -0.15) is 0 Å². The number of aromatic nitrogens is 4. The number of nitrogens with two attached hydrogens (primary N) is 1. The van der Waals surface area contributed by atoms with Crippen LogP contribution in [0.4, 0.5) is 5.69 Å². The summed E-state index contributed by atoms with van der Waals surface area (Å²) in [7, 11) is 0. The number of tetrazole rings is 1. The highest BCUT2D eigenvalue weighted by atomic mass is 35.5. The van der Waals surface area contributed by atoms with E-state index in [0.29, 0.717) is 27.5 Å². The Bertz CT molecular complexity index is 583. The Morgan fingerprint density at radius 2 is 2.11 bits per heavy atom. The summed E-state index contributed by atoms with van der Waals surface area (Å²) in [6.45, 7) is 0.836. The van der Waals surface area contributed by atoms with Gasteiger partial charge in [-0.1, -0.05) is 29.6 Å². The molecule has 19 heavy (non-hydrogen) atoms. The molecule has 0 atom stereocenters. The van der Waals surface area contributed by atoms with Crippen molar-refractivity contribution in [1.82, 2.24) is 20.2 Å². The maximum Gasteiger partial charge on any atom is 0.182 e. The first-order chi connectivity index (χ1) is 9.15. The van der Waals surface area contributed by atoms with Crippen molar-refractivity contribution in [2.24, 2.45) is 5.92 Å². The molecule has 100 valence electrons. The first kappa shape index (κ1) is 12.7. The Balaban J connectivity index is 1.95. The smallest absolute Gasteiger partial charge is 0.182 e. The average molecular weight is 298 g/mol. The van der Waals surface area contributed by atoms with Gasteiger partial charge in [0.15, 0.2) is 5.82 Å². The van der Waals surface area contributed by atoms with E-state index >= 15 is 0 Å². The summed E-state index contributed by atoms with van der Waals surface area (Å²) < 4.78 is 1.81. The molecule has 1 aliphatic rings. The van der Waals surface area contributed by atoms with Crippen molar-refractivity contribution in [3.63, 3.8) is 0 Å². The van der Waals surface area contributed by atoms with Crippen LogP contribution in [-0.2, 0) is 6.54 Å². The SMILES string of the molecule is Nc1cc(-c2nnnn2CC2CCC2)cc(Cl)c1Cl. The molecule has 1 aromatic heterocycles. The molecule has 0 radical (unpaired) electrons. The molecule has 0 spiro atoms. The number of anilines is 1. The molecule has 2 N–H and O–H groups in total. The van der Waals surface area contributed by atoms with Crippen molar-refractivity contribution in [3.8, 4) is 11.4 Å². The van der Waals surface area contributed by atoms with Crippen LogP contribution in [0.5, 0.6) is 0 Å². The second kappa shape index (κ2) is 4.98. The Morgan fingerprint density at radius 3 is 2.74 bits per heavy atom. The molecule has 1 heterocycles. The third-order valence-corrected chi connectivity index (χ3v) is 4.32. The summed E-state index contributed by atoms with van der Waals surface area (Å²) in [4.78, 5) is 0. The molecular weight excluding hydrogens is 285 g/mol. The van der Waals surface area contributed by atoms with Crippen molar-refractivity contribution in [3.05, 3.63) is 22.2 Å². The predicted octanol–water partition coefficient (Wildman–Crippen LogP) is 3.03. The highest BCUT2D eigenvalue weighted by molar-refractivity contribution is 6.43. The molecule has 0 saturated heterocycles. The fourth-order valence-electron chi connectivity index (χ4n) is 2.19. The molecule has 1 aliphatic carbocycles. The minimum Gasteiger partial charge on any atom is -0.397 e. The van der Waals surface area contributed by atoms with Gasteiger partial charge in [-0.15, -0.1) is 5.10 Å². The lowest BCUT2D eigenvalue weighted by Crippen LogP contribution is -2.19. The van der Waals surface area contributed by atoms with Gasteiger partial charge in [0.2, 0.25) is 0 Å². The van der Waals surface area contributed by atoms with Gasteiger partial charge in [-0.25, -0.2) is 4.68 Å². The van der Waals surface area contributed by atoms with Crippen LogP contribution in [0.25, 0.3) is 11.4 Å². The summed E-state index contributed by atoms with van der Waals surface area (Å²) in [5.74, 6) is 1.35. The maximum atomic E-state index is 6.04. The van der Waals surface area contributed by atoms with E-state index in [1.165, 1.54) is 19.3 Å². The monoisotopic (exact) mass is 297 g/mol. The molecule has 0 aliphatic heterocycles. The van der Waals surface area contributed by atoms with Gasteiger partial charge < -0.3 is 5.73 Å². The number of nitrogens with zero attached hydrogens (tertiary/aromatic N) is 4. The van der Waals surface area contributed by atoms with Crippen molar-refractivity contribution in [2.75, 3.05) is 5.73 Å². The van der Waals surface area contributed by atoms with Gasteiger partial charge in [-0.3, -0.25) is 0 Å². The molecule has 2 aromatic rings. The van der Waals surface area contributed by atoms with Crippen molar-refractivity contribution in [1.29, 1.82) is 0 Å². The Kier molecular flexibility index (Phi) is 3.33. The Morgan fingerprint density at radius 1 is 1.32 bits per heavy atom. The fraction of sp³-hybridized carbons (Fsp3) is 0.417. The normalized spacial score (nSPS) is 15.5. The van der Waals surface area contributed by atoms with Crippen LogP contribution in [0, 0.1) is 5.92 Å². The van der Waals surface area contributed by atoms with E-state index < -0.39 is 0 Å². The predicted molar refractivity (Wildman–Crippen MR) is 75.0 cm³/mol. The van der Waals surface area contributed by atoms with E-state index in [4.69, 9.17) is 28.9 Å². The molecule has 0 bridgehead atoms. The van der Waals surface area contributed by atoms with Crippen molar-refractivity contribution >= 4 is 28.9 Å². The van der Waals surface area contributed by atoms with E-state index in [-0.39, 0.29) is 0 Å². The molecule has 0 unspecified atom stereocenters. The van der Waals surface area contributed by atoms with Gasteiger partial charge in [0.25, 0.3) is 0 Å². The first-order valence-corrected chi connectivity index (χ1v) is 6.92. The molecule has 3 rings (SSSR count). The van der Waals surface area contributed by atoms with E-state index in [1.54, 1.807) is 12.1 Å². The minimum atomic E-state index is 0.364. The van der Waals surface area contributed by atoms with Gasteiger partial charge in [0, 0.05) is 12.1 Å². The van der Waals surface area contributed by atoms with Gasteiger partial charge in [-0.05, 0) is 41.3 Å². The van der Waals surface area contributed by atoms with Crippen LogP contribution in [0.1, 0.15) is 19.3 Å². The summed E-state index contributed by atoms with van der Waals surface area (Å²) in [5.41, 5.74) is 7.04. The van der Waals surface area contributed by atoms with Crippen LogP contribution >= 0.6 is 23.2 Å². The summed E-state index contributed by atoms with van der Waals surface area (Å²) >= 11 is 12.0. The lowest BCUT2D eigenvalue weighted by atomic mass is 9.85. The number of benzene rings is 1. The van der Waals surface area contributed by atoms with Crippen molar-refractivity contribution < 1.29 is 0 Å². The molecule has 1 saturated carbocycles.